The zero-order valence-corrected chi connectivity index (χ0v) is 9.72. The molecule has 0 saturated heterocycles. The number of nitrogens with two attached hydrogens (primary N) is 1. The summed E-state index contributed by atoms with van der Waals surface area (Å²) < 4.78 is 0. The van der Waals surface area contributed by atoms with Crippen LogP contribution in [0.5, 0.6) is 0 Å². The molecule has 0 amide bonds. The first-order chi connectivity index (χ1) is 8.81. The molecule has 0 aliphatic heterocycles. The molecule has 90 valence electrons. The summed E-state index contributed by atoms with van der Waals surface area (Å²) in [6.45, 7) is 0.706. The highest BCUT2D eigenvalue weighted by atomic mass is 15.1. The lowest BCUT2D eigenvalue weighted by Gasteiger charge is -2.01. The van der Waals surface area contributed by atoms with Gasteiger partial charge in [-0.05, 0) is 35.9 Å². The summed E-state index contributed by atoms with van der Waals surface area (Å²) in [5.74, 6) is 0.743. The first-order valence-corrected chi connectivity index (χ1v) is 5.69. The van der Waals surface area contributed by atoms with Gasteiger partial charge in [0, 0.05) is 24.6 Å². The second-order valence-electron chi connectivity index (χ2n) is 4.07. The summed E-state index contributed by atoms with van der Waals surface area (Å²) in [5.41, 5.74) is 9.45. The molecule has 4 N–H and O–H groups in total. The van der Waals surface area contributed by atoms with Gasteiger partial charge in [0.25, 0.3) is 0 Å². The highest BCUT2D eigenvalue weighted by Gasteiger charge is 2.02. The highest BCUT2D eigenvalue weighted by molar-refractivity contribution is 5.80. The third-order valence-corrected chi connectivity index (χ3v) is 2.72. The topological polar surface area (TPSA) is 79.6 Å². The van der Waals surface area contributed by atoms with Crippen molar-refractivity contribution in [1.29, 1.82) is 0 Å². The number of anilines is 2. The number of aromatic nitrogens is 3. The van der Waals surface area contributed by atoms with Crippen LogP contribution >= 0.6 is 0 Å². The molecule has 1 aromatic carbocycles. The Morgan fingerprint density at radius 3 is 2.83 bits per heavy atom. The molecule has 3 aromatic rings. The summed E-state index contributed by atoms with van der Waals surface area (Å²) in [7, 11) is 0. The fraction of sp³-hybridized carbons (Fsp3) is 0.0769. The first-order valence-electron chi connectivity index (χ1n) is 5.69. The maximum Gasteiger partial charge on any atom is 0.201 e. The predicted octanol–water partition coefficient (Wildman–Crippen LogP) is 2.15. The summed E-state index contributed by atoms with van der Waals surface area (Å²) in [6, 6.07) is 9.55. The molecular formula is C13H13N5. The molecule has 0 unspecified atom stereocenters. The SMILES string of the molecule is Nc1ccc2nc(NCc3ccncc3)[nH]c2c1. The second-order valence-corrected chi connectivity index (χ2v) is 4.07. The fourth-order valence-electron chi connectivity index (χ4n) is 1.80. The number of nitrogen functional groups attached to an aromatic ring is 1. The maximum absolute atomic E-state index is 5.72. The number of rotatable bonds is 3. The van der Waals surface area contributed by atoms with Crippen LogP contribution in [-0.2, 0) is 6.54 Å². The van der Waals surface area contributed by atoms with Crippen molar-refractivity contribution in [2.45, 2.75) is 6.54 Å². The summed E-state index contributed by atoms with van der Waals surface area (Å²) in [6.07, 6.45) is 3.55. The van der Waals surface area contributed by atoms with E-state index in [-0.39, 0.29) is 0 Å². The van der Waals surface area contributed by atoms with E-state index < -0.39 is 0 Å². The lowest BCUT2D eigenvalue weighted by Crippen LogP contribution is -2.00. The predicted molar refractivity (Wildman–Crippen MR) is 72.1 cm³/mol. The van der Waals surface area contributed by atoms with Crippen LogP contribution in [0.4, 0.5) is 11.6 Å². The lowest BCUT2D eigenvalue weighted by molar-refractivity contribution is 1.09. The molecule has 0 spiro atoms. The molecule has 0 radical (unpaired) electrons. The minimum Gasteiger partial charge on any atom is -0.399 e. The van der Waals surface area contributed by atoms with Crippen molar-refractivity contribution in [3.63, 3.8) is 0 Å². The van der Waals surface area contributed by atoms with Gasteiger partial charge in [0.2, 0.25) is 5.95 Å². The van der Waals surface area contributed by atoms with Crippen molar-refractivity contribution in [3.8, 4) is 0 Å². The normalized spacial score (nSPS) is 10.7. The monoisotopic (exact) mass is 239 g/mol. The van der Waals surface area contributed by atoms with E-state index in [0.29, 0.717) is 6.54 Å². The standard InChI is InChI=1S/C13H13N5/c14-10-1-2-11-12(7-10)18-13(17-11)16-8-9-3-5-15-6-4-9/h1-7H,8,14H2,(H2,16,17,18). The minimum atomic E-state index is 0.706. The average molecular weight is 239 g/mol. The Labute approximate surface area is 104 Å². The largest absolute Gasteiger partial charge is 0.399 e. The summed E-state index contributed by atoms with van der Waals surface area (Å²) in [4.78, 5) is 11.6. The van der Waals surface area contributed by atoms with Gasteiger partial charge in [0.05, 0.1) is 11.0 Å². The second kappa shape index (κ2) is 4.37. The van der Waals surface area contributed by atoms with Crippen LogP contribution in [0.2, 0.25) is 0 Å². The smallest absolute Gasteiger partial charge is 0.201 e. The molecule has 0 aliphatic rings. The van der Waals surface area contributed by atoms with E-state index in [1.165, 1.54) is 0 Å². The summed E-state index contributed by atoms with van der Waals surface area (Å²) >= 11 is 0. The molecule has 2 heterocycles. The van der Waals surface area contributed by atoms with Crippen LogP contribution in [0.3, 0.4) is 0 Å². The van der Waals surface area contributed by atoms with Gasteiger partial charge in [-0.1, -0.05) is 0 Å². The van der Waals surface area contributed by atoms with Crippen molar-refractivity contribution in [1.82, 2.24) is 15.0 Å². The third kappa shape index (κ3) is 2.10. The Kier molecular flexibility index (Phi) is 2.57. The van der Waals surface area contributed by atoms with Crippen LogP contribution in [0.1, 0.15) is 5.56 Å². The summed E-state index contributed by atoms with van der Waals surface area (Å²) in [5, 5.41) is 3.23. The van der Waals surface area contributed by atoms with E-state index >= 15 is 0 Å². The van der Waals surface area contributed by atoms with E-state index in [9.17, 15) is 0 Å². The van der Waals surface area contributed by atoms with E-state index in [1.807, 2.05) is 30.3 Å². The molecule has 0 bridgehead atoms. The Balaban J connectivity index is 1.79. The maximum atomic E-state index is 5.72. The van der Waals surface area contributed by atoms with Crippen LogP contribution in [-0.4, -0.2) is 15.0 Å². The van der Waals surface area contributed by atoms with Crippen molar-refractivity contribution in [3.05, 3.63) is 48.3 Å². The Morgan fingerprint density at radius 1 is 1.17 bits per heavy atom. The molecular weight excluding hydrogens is 226 g/mol. The first kappa shape index (κ1) is 10.6. The number of H-pyrrole nitrogens is 1. The number of benzene rings is 1. The van der Waals surface area contributed by atoms with Gasteiger partial charge in [0.15, 0.2) is 0 Å². The van der Waals surface area contributed by atoms with Crippen molar-refractivity contribution in [2.24, 2.45) is 0 Å². The number of aromatic amines is 1. The third-order valence-electron chi connectivity index (χ3n) is 2.72. The zero-order chi connectivity index (χ0) is 12.4. The van der Waals surface area contributed by atoms with Gasteiger partial charge >= 0.3 is 0 Å². The number of fused-ring (bicyclic) bond motifs is 1. The van der Waals surface area contributed by atoms with Crippen LogP contribution < -0.4 is 11.1 Å². The molecule has 5 nitrogen and oxygen atoms in total. The number of hydrogen-bond donors (Lipinski definition) is 3. The lowest BCUT2D eigenvalue weighted by atomic mass is 10.3. The van der Waals surface area contributed by atoms with Crippen molar-refractivity contribution >= 4 is 22.7 Å². The number of nitrogens with one attached hydrogen (secondary N) is 2. The van der Waals surface area contributed by atoms with Gasteiger partial charge in [-0.15, -0.1) is 0 Å². The van der Waals surface area contributed by atoms with Crippen LogP contribution in [0, 0.1) is 0 Å². The average Bonchev–Trinajstić information content (AvgIpc) is 2.79. The molecule has 3 rings (SSSR count). The Morgan fingerprint density at radius 2 is 2.00 bits per heavy atom. The molecule has 2 aromatic heterocycles. The molecule has 0 saturated carbocycles. The minimum absolute atomic E-state index is 0.706. The van der Waals surface area contributed by atoms with Gasteiger partial charge in [-0.3, -0.25) is 4.98 Å². The molecule has 18 heavy (non-hydrogen) atoms. The van der Waals surface area contributed by atoms with Gasteiger partial charge in [0.1, 0.15) is 0 Å². The zero-order valence-electron chi connectivity index (χ0n) is 9.72. The van der Waals surface area contributed by atoms with Crippen molar-refractivity contribution in [2.75, 3.05) is 11.1 Å². The van der Waals surface area contributed by atoms with E-state index in [1.54, 1.807) is 12.4 Å². The fourth-order valence-corrected chi connectivity index (χ4v) is 1.80. The molecule has 0 aliphatic carbocycles. The van der Waals surface area contributed by atoms with E-state index in [0.717, 1.165) is 28.2 Å². The number of nitrogens with zero attached hydrogens (tertiary/aromatic N) is 2. The molecule has 0 fully saturated rings. The van der Waals surface area contributed by atoms with E-state index in [2.05, 4.69) is 20.3 Å². The van der Waals surface area contributed by atoms with Crippen LogP contribution in [0.15, 0.2) is 42.7 Å². The number of imidazole rings is 1. The Hall–Kier alpha value is -2.56. The van der Waals surface area contributed by atoms with Gasteiger partial charge < -0.3 is 16.0 Å². The highest BCUT2D eigenvalue weighted by Crippen LogP contribution is 2.17. The van der Waals surface area contributed by atoms with Crippen LogP contribution in [0.25, 0.3) is 11.0 Å². The molecule has 0 atom stereocenters. The van der Waals surface area contributed by atoms with E-state index in [4.69, 9.17) is 5.73 Å². The quantitative estimate of drug-likeness (QED) is 0.612. The number of hydrogen-bond acceptors (Lipinski definition) is 4. The Bertz CT molecular complexity index is 659. The van der Waals surface area contributed by atoms with Gasteiger partial charge in [-0.2, -0.15) is 0 Å². The van der Waals surface area contributed by atoms with Crippen molar-refractivity contribution < 1.29 is 0 Å². The van der Waals surface area contributed by atoms with Gasteiger partial charge in [-0.25, -0.2) is 4.98 Å². The molecule has 5 heteroatoms. The number of pyridine rings is 1.